The van der Waals surface area contributed by atoms with Crippen LogP contribution in [0.3, 0.4) is 0 Å². The molecular weight excluding hydrogens is 448 g/mol. The van der Waals surface area contributed by atoms with Crippen molar-refractivity contribution in [1.82, 2.24) is 30.2 Å². The minimum atomic E-state index is -0.634. The second-order valence-electron chi connectivity index (χ2n) is 8.86. The van der Waals surface area contributed by atoms with Crippen molar-refractivity contribution >= 4 is 23.6 Å². The first-order valence-electron chi connectivity index (χ1n) is 10.5. The van der Waals surface area contributed by atoms with E-state index < -0.39 is 17.6 Å². The summed E-state index contributed by atoms with van der Waals surface area (Å²) in [5, 5.41) is 11.3. The summed E-state index contributed by atoms with van der Waals surface area (Å²) < 4.78 is 12.8. The molecule has 4 rings (SSSR count). The molecule has 0 saturated carbocycles. The quantitative estimate of drug-likeness (QED) is 0.605. The molecule has 1 saturated heterocycles. The predicted molar refractivity (Wildman–Crippen MR) is 120 cm³/mol. The van der Waals surface area contributed by atoms with Crippen LogP contribution in [0.15, 0.2) is 47.3 Å². The molecule has 1 aliphatic heterocycles. The van der Waals surface area contributed by atoms with E-state index in [1.807, 2.05) is 26.8 Å². The number of hydrogen-bond acceptors (Lipinski definition) is 7. The van der Waals surface area contributed by atoms with Crippen molar-refractivity contribution in [3.63, 3.8) is 0 Å². The summed E-state index contributed by atoms with van der Waals surface area (Å²) in [6.07, 6.45) is 4.86. The van der Waals surface area contributed by atoms with Crippen LogP contribution in [0, 0.1) is 0 Å². The van der Waals surface area contributed by atoms with Gasteiger partial charge >= 0.3 is 12.0 Å². The Morgan fingerprint density at radius 1 is 1.33 bits per heavy atom. The Morgan fingerprint density at radius 3 is 2.85 bits per heavy atom. The van der Waals surface area contributed by atoms with Gasteiger partial charge in [0.15, 0.2) is 5.76 Å². The fourth-order valence-electron chi connectivity index (χ4n) is 3.69. The maximum Gasteiger partial charge on any atom is 0.410 e. The van der Waals surface area contributed by atoms with Crippen LogP contribution >= 0.6 is 11.6 Å². The largest absolute Gasteiger partial charge is 0.444 e. The van der Waals surface area contributed by atoms with E-state index in [1.165, 1.54) is 6.20 Å². The van der Waals surface area contributed by atoms with E-state index in [9.17, 15) is 9.59 Å². The second-order valence-corrected chi connectivity index (χ2v) is 9.29. The number of carbonyl (C=O) groups excluding carboxylic acids is 2. The van der Waals surface area contributed by atoms with E-state index in [1.54, 1.807) is 40.2 Å². The number of aromatic nitrogens is 4. The van der Waals surface area contributed by atoms with Crippen molar-refractivity contribution in [2.24, 2.45) is 0 Å². The highest BCUT2D eigenvalue weighted by Gasteiger charge is 2.39. The molecule has 0 unspecified atom stereocenters. The molecule has 0 spiro atoms. The molecule has 1 fully saturated rings. The van der Waals surface area contributed by atoms with Crippen molar-refractivity contribution in [3.8, 4) is 11.3 Å². The normalized spacial score (nSPS) is 18.4. The average Bonchev–Trinajstić information content (AvgIpc) is 3.48. The first-order valence-corrected chi connectivity index (χ1v) is 10.9. The van der Waals surface area contributed by atoms with E-state index in [-0.39, 0.29) is 18.0 Å². The SMILES string of the molecule is CC(C)(C)OC(=O)N1C[C@H](NC(=O)c2ncc(-c3cccc(Cl)c3)o2)C[C@H]1Cn1ccnn1. The molecule has 1 aromatic carbocycles. The maximum atomic E-state index is 12.8. The molecule has 33 heavy (non-hydrogen) atoms. The molecule has 174 valence electrons. The lowest BCUT2D eigenvalue weighted by Crippen LogP contribution is -2.43. The Bertz CT molecular complexity index is 1120. The summed E-state index contributed by atoms with van der Waals surface area (Å²) in [7, 11) is 0. The highest BCUT2D eigenvalue weighted by molar-refractivity contribution is 6.30. The lowest BCUT2D eigenvalue weighted by Gasteiger charge is -2.28. The fraction of sp³-hybridized carbons (Fsp3) is 0.409. The van der Waals surface area contributed by atoms with Crippen molar-refractivity contribution < 1.29 is 18.7 Å². The summed E-state index contributed by atoms with van der Waals surface area (Å²) >= 11 is 6.03. The summed E-state index contributed by atoms with van der Waals surface area (Å²) in [5.41, 5.74) is 0.0873. The number of amides is 2. The monoisotopic (exact) mass is 472 g/mol. The van der Waals surface area contributed by atoms with Gasteiger partial charge in [0, 0.05) is 29.4 Å². The van der Waals surface area contributed by atoms with Crippen LogP contribution in [0.5, 0.6) is 0 Å². The van der Waals surface area contributed by atoms with Gasteiger partial charge in [-0.05, 0) is 39.3 Å². The van der Waals surface area contributed by atoms with Crippen molar-refractivity contribution in [2.45, 2.75) is 51.4 Å². The molecule has 2 aromatic heterocycles. The first-order chi connectivity index (χ1) is 15.7. The van der Waals surface area contributed by atoms with E-state index in [0.717, 1.165) is 5.56 Å². The number of nitrogens with zero attached hydrogens (tertiary/aromatic N) is 5. The number of carbonyl (C=O) groups is 2. The van der Waals surface area contributed by atoms with Crippen molar-refractivity contribution in [1.29, 1.82) is 0 Å². The number of rotatable bonds is 5. The maximum absolute atomic E-state index is 12.8. The number of benzene rings is 1. The number of ether oxygens (including phenoxy) is 1. The standard InChI is InChI=1S/C22H25ClN6O4/c1-22(2,3)33-21(31)29-12-16(10-17(29)13-28-8-7-25-27-28)26-19(30)20-24-11-18(32-20)14-5-4-6-15(23)9-14/h4-9,11,16-17H,10,12-13H2,1-3H3,(H,26,30)/t16-,17+/m1/s1. The van der Waals surface area contributed by atoms with Crippen LogP contribution in [0.25, 0.3) is 11.3 Å². The molecule has 3 heterocycles. The molecule has 0 bridgehead atoms. The molecule has 11 heteroatoms. The fourth-order valence-corrected chi connectivity index (χ4v) is 3.88. The van der Waals surface area contributed by atoms with Crippen LogP contribution in [0.1, 0.15) is 37.9 Å². The zero-order chi connectivity index (χ0) is 23.6. The Balaban J connectivity index is 1.45. The lowest BCUT2D eigenvalue weighted by atomic mass is 10.1. The molecule has 1 aliphatic rings. The molecule has 2 amide bonds. The van der Waals surface area contributed by atoms with E-state index in [2.05, 4.69) is 20.6 Å². The van der Waals surface area contributed by atoms with Crippen LogP contribution in [0.2, 0.25) is 5.02 Å². The second kappa shape index (κ2) is 9.22. The number of oxazole rings is 1. The smallest absolute Gasteiger partial charge is 0.410 e. The molecule has 0 aliphatic carbocycles. The Labute approximate surface area is 195 Å². The third-order valence-corrected chi connectivity index (χ3v) is 5.29. The van der Waals surface area contributed by atoms with Crippen LogP contribution in [0.4, 0.5) is 4.79 Å². The average molecular weight is 473 g/mol. The molecule has 2 atom stereocenters. The minimum absolute atomic E-state index is 0.0616. The minimum Gasteiger partial charge on any atom is -0.444 e. The topological polar surface area (TPSA) is 115 Å². The van der Waals surface area contributed by atoms with Gasteiger partial charge in [0.05, 0.1) is 25.0 Å². The zero-order valence-electron chi connectivity index (χ0n) is 18.6. The van der Waals surface area contributed by atoms with E-state index >= 15 is 0 Å². The van der Waals surface area contributed by atoms with Gasteiger partial charge < -0.3 is 19.4 Å². The van der Waals surface area contributed by atoms with Gasteiger partial charge in [-0.25, -0.2) is 9.78 Å². The predicted octanol–water partition coefficient (Wildman–Crippen LogP) is 3.39. The summed E-state index contributed by atoms with van der Waals surface area (Å²) in [6, 6.07) is 6.56. The van der Waals surface area contributed by atoms with Crippen molar-refractivity contribution in [3.05, 3.63) is 53.8 Å². The Kier molecular flexibility index (Phi) is 6.37. The molecule has 1 N–H and O–H groups in total. The van der Waals surface area contributed by atoms with E-state index in [4.69, 9.17) is 20.8 Å². The van der Waals surface area contributed by atoms with E-state index in [0.29, 0.717) is 30.3 Å². The third kappa shape index (κ3) is 5.70. The van der Waals surface area contributed by atoms with Crippen LogP contribution < -0.4 is 5.32 Å². The molecule has 0 radical (unpaired) electrons. The van der Waals surface area contributed by atoms with Gasteiger partial charge in [0.25, 0.3) is 5.89 Å². The van der Waals surface area contributed by atoms with Gasteiger partial charge in [-0.3, -0.25) is 9.48 Å². The summed E-state index contributed by atoms with van der Waals surface area (Å²) in [4.78, 5) is 31.3. The summed E-state index contributed by atoms with van der Waals surface area (Å²) in [5.74, 6) is -0.0825. The number of halogens is 1. The number of likely N-dealkylation sites (tertiary alicyclic amines) is 1. The lowest BCUT2D eigenvalue weighted by molar-refractivity contribution is 0.0207. The first kappa shape index (κ1) is 22.8. The third-order valence-electron chi connectivity index (χ3n) is 5.06. The highest BCUT2D eigenvalue weighted by Crippen LogP contribution is 2.25. The highest BCUT2D eigenvalue weighted by atomic mass is 35.5. The van der Waals surface area contributed by atoms with Gasteiger partial charge in [0.2, 0.25) is 0 Å². The molecule has 3 aromatic rings. The van der Waals surface area contributed by atoms with Gasteiger partial charge in [-0.2, -0.15) is 0 Å². The number of hydrogen-bond donors (Lipinski definition) is 1. The zero-order valence-corrected chi connectivity index (χ0v) is 19.3. The van der Waals surface area contributed by atoms with Crippen LogP contribution in [-0.2, 0) is 11.3 Å². The Hall–Kier alpha value is -3.40. The van der Waals surface area contributed by atoms with Gasteiger partial charge in [-0.1, -0.05) is 28.9 Å². The number of nitrogens with one attached hydrogen (secondary N) is 1. The van der Waals surface area contributed by atoms with Crippen LogP contribution in [-0.4, -0.2) is 61.1 Å². The molecule has 10 nitrogen and oxygen atoms in total. The van der Waals surface area contributed by atoms with Gasteiger partial charge in [0.1, 0.15) is 5.60 Å². The van der Waals surface area contributed by atoms with Crippen molar-refractivity contribution in [2.75, 3.05) is 6.54 Å². The summed E-state index contributed by atoms with van der Waals surface area (Å²) in [6.45, 7) is 6.16. The van der Waals surface area contributed by atoms with Gasteiger partial charge in [-0.15, -0.1) is 5.10 Å². The Morgan fingerprint density at radius 2 is 2.15 bits per heavy atom. The molecular formula is C22H25ClN6O4.